The van der Waals surface area contributed by atoms with Gasteiger partial charge in [0.05, 0.1) is 11.4 Å². The molecule has 0 fully saturated rings. The fourth-order valence-electron chi connectivity index (χ4n) is 1.71. The van der Waals surface area contributed by atoms with Gasteiger partial charge in [-0.25, -0.2) is 0 Å². The molecule has 0 spiro atoms. The Bertz CT molecular complexity index is 406. The normalized spacial score (nSPS) is 12.4. The molecule has 4 nitrogen and oxygen atoms in total. The molecule has 0 aliphatic carbocycles. The van der Waals surface area contributed by atoms with Gasteiger partial charge < -0.3 is 15.9 Å². The number of halogens is 1. The SMILES string of the molecule is Cc1ccc(Cl)c(O)c1C(CN)CC(=O)O. The Morgan fingerprint density at radius 2 is 2.19 bits per heavy atom. The number of hydrogen-bond donors (Lipinski definition) is 3. The number of aliphatic carboxylic acids is 1. The summed E-state index contributed by atoms with van der Waals surface area (Å²) in [6, 6.07) is 3.31. The van der Waals surface area contributed by atoms with Gasteiger partial charge in [-0.2, -0.15) is 0 Å². The molecule has 88 valence electrons. The van der Waals surface area contributed by atoms with Crippen molar-refractivity contribution in [1.29, 1.82) is 0 Å². The number of rotatable bonds is 4. The molecule has 0 bridgehead atoms. The summed E-state index contributed by atoms with van der Waals surface area (Å²) < 4.78 is 0. The first-order valence-corrected chi connectivity index (χ1v) is 5.25. The number of nitrogens with two attached hydrogens (primary N) is 1. The van der Waals surface area contributed by atoms with Gasteiger partial charge in [0.2, 0.25) is 0 Å². The topological polar surface area (TPSA) is 83.5 Å². The summed E-state index contributed by atoms with van der Waals surface area (Å²) in [5, 5.41) is 18.8. The van der Waals surface area contributed by atoms with Gasteiger partial charge >= 0.3 is 5.97 Å². The van der Waals surface area contributed by atoms with E-state index in [1.807, 2.05) is 0 Å². The number of phenols is 1. The number of hydrogen-bond acceptors (Lipinski definition) is 3. The quantitative estimate of drug-likeness (QED) is 0.754. The van der Waals surface area contributed by atoms with E-state index >= 15 is 0 Å². The molecule has 16 heavy (non-hydrogen) atoms. The number of benzene rings is 1. The molecule has 1 aromatic rings. The van der Waals surface area contributed by atoms with Gasteiger partial charge in [0.15, 0.2) is 0 Å². The molecule has 0 radical (unpaired) electrons. The second-order valence-electron chi connectivity index (χ2n) is 3.66. The number of carboxylic acid groups (broad SMARTS) is 1. The average Bonchev–Trinajstić information content (AvgIpc) is 2.22. The second kappa shape index (κ2) is 5.18. The minimum absolute atomic E-state index is 0.0710. The lowest BCUT2D eigenvalue weighted by Gasteiger charge is -2.17. The molecule has 0 aliphatic heterocycles. The zero-order valence-electron chi connectivity index (χ0n) is 8.90. The average molecular weight is 244 g/mol. The number of phenolic OH excluding ortho intramolecular Hbond substituents is 1. The summed E-state index contributed by atoms with van der Waals surface area (Å²) in [7, 11) is 0. The molecule has 0 aliphatic rings. The van der Waals surface area contributed by atoms with Crippen LogP contribution >= 0.6 is 11.6 Å². The lowest BCUT2D eigenvalue weighted by Crippen LogP contribution is -2.17. The maximum Gasteiger partial charge on any atom is 0.304 e. The van der Waals surface area contributed by atoms with Crippen LogP contribution in [0.5, 0.6) is 5.75 Å². The Kier molecular flexibility index (Phi) is 4.15. The van der Waals surface area contributed by atoms with Crippen LogP contribution in [0.1, 0.15) is 23.5 Å². The van der Waals surface area contributed by atoms with E-state index in [4.69, 9.17) is 22.4 Å². The van der Waals surface area contributed by atoms with Crippen molar-refractivity contribution < 1.29 is 15.0 Å². The fraction of sp³-hybridized carbons (Fsp3) is 0.364. The molecule has 0 saturated carbocycles. The molecule has 4 N–H and O–H groups in total. The van der Waals surface area contributed by atoms with Gasteiger partial charge in [-0.1, -0.05) is 17.7 Å². The minimum atomic E-state index is -0.950. The first kappa shape index (κ1) is 12.8. The lowest BCUT2D eigenvalue weighted by molar-refractivity contribution is -0.137. The summed E-state index contributed by atoms with van der Waals surface area (Å²) >= 11 is 5.79. The van der Waals surface area contributed by atoms with E-state index in [0.717, 1.165) is 5.56 Å². The summed E-state index contributed by atoms with van der Waals surface area (Å²) in [4.78, 5) is 10.7. The van der Waals surface area contributed by atoms with Crippen LogP contribution in [-0.4, -0.2) is 22.7 Å². The molecule has 1 rings (SSSR count). The molecule has 0 saturated heterocycles. The molecule has 0 aromatic heterocycles. The monoisotopic (exact) mass is 243 g/mol. The Morgan fingerprint density at radius 1 is 1.56 bits per heavy atom. The van der Waals surface area contributed by atoms with Crippen LogP contribution in [0.2, 0.25) is 5.02 Å². The third kappa shape index (κ3) is 2.65. The number of carboxylic acids is 1. The molecular formula is C11H14ClNO3. The summed E-state index contributed by atoms with van der Waals surface area (Å²) in [6.45, 7) is 1.94. The van der Waals surface area contributed by atoms with Crippen molar-refractivity contribution >= 4 is 17.6 Å². The van der Waals surface area contributed by atoms with E-state index in [0.29, 0.717) is 5.56 Å². The highest BCUT2D eigenvalue weighted by atomic mass is 35.5. The van der Waals surface area contributed by atoms with Gasteiger partial charge in [-0.3, -0.25) is 4.79 Å². The fourth-order valence-corrected chi connectivity index (χ4v) is 1.88. The zero-order chi connectivity index (χ0) is 12.3. The van der Waals surface area contributed by atoms with Gasteiger partial charge in [0.25, 0.3) is 0 Å². The van der Waals surface area contributed by atoms with Crippen LogP contribution in [0.3, 0.4) is 0 Å². The Hall–Kier alpha value is -1.26. The van der Waals surface area contributed by atoms with Gasteiger partial charge in [0.1, 0.15) is 5.75 Å². The van der Waals surface area contributed by atoms with E-state index in [-0.39, 0.29) is 23.7 Å². The second-order valence-corrected chi connectivity index (χ2v) is 4.06. The van der Waals surface area contributed by atoms with Crippen LogP contribution in [0.4, 0.5) is 0 Å². The summed E-state index contributed by atoms with van der Waals surface area (Å²) in [5.41, 5.74) is 6.84. The Morgan fingerprint density at radius 3 is 2.69 bits per heavy atom. The highest BCUT2D eigenvalue weighted by Crippen LogP contribution is 2.36. The Labute approximate surface area is 98.6 Å². The largest absolute Gasteiger partial charge is 0.506 e. The van der Waals surface area contributed by atoms with Crippen molar-refractivity contribution in [3.8, 4) is 5.75 Å². The van der Waals surface area contributed by atoms with E-state index < -0.39 is 11.9 Å². The van der Waals surface area contributed by atoms with E-state index in [2.05, 4.69) is 0 Å². The summed E-state index contributed by atoms with van der Waals surface area (Å²) in [6.07, 6.45) is -0.120. The smallest absolute Gasteiger partial charge is 0.304 e. The third-order valence-corrected chi connectivity index (χ3v) is 2.80. The van der Waals surface area contributed by atoms with Crippen molar-refractivity contribution in [1.82, 2.24) is 0 Å². The number of aromatic hydroxyl groups is 1. The summed E-state index contributed by atoms with van der Waals surface area (Å²) in [5.74, 6) is -1.44. The van der Waals surface area contributed by atoms with E-state index in [9.17, 15) is 9.90 Å². The molecule has 0 amide bonds. The highest BCUT2D eigenvalue weighted by Gasteiger charge is 2.20. The molecule has 1 unspecified atom stereocenters. The van der Waals surface area contributed by atoms with E-state index in [1.54, 1.807) is 19.1 Å². The van der Waals surface area contributed by atoms with E-state index in [1.165, 1.54) is 0 Å². The van der Waals surface area contributed by atoms with Crippen LogP contribution < -0.4 is 5.73 Å². The van der Waals surface area contributed by atoms with Gasteiger partial charge in [-0.05, 0) is 25.1 Å². The van der Waals surface area contributed by atoms with Crippen molar-refractivity contribution in [2.75, 3.05) is 6.54 Å². The van der Waals surface area contributed by atoms with Crippen LogP contribution in [0.15, 0.2) is 12.1 Å². The molecule has 1 atom stereocenters. The van der Waals surface area contributed by atoms with Crippen LogP contribution in [-0.2, 0) is 4.79 Å². The lowest BCUT2D eigenvalue weighted by atomic mass is 9.91. The van der Waals surface area contributed by atoms with Gasteiger partial charge in [-0.15, -0.1) is 0 Å². The van der Waals surface area contributed by atoms with Crippen molar-refractivity contribution in [3.05, 3.63) is 28.3 Å². The maximum absolute atomic E-state index is 10.7. The Balaban J connectivity index is 3.18. The molecule has 5 heteroatoms. The van der Waals surface area contributed by atoms with Crippen molar-refractivity contribution in [2.45, 2.75) is 19.3 Å². The minimum Gasteiger partial charge on any atom is -0.506 e. The van der Waals surface area contributed by atoms with Crippen LogP contribution in [0.25, 0.3) is 0 Å². The van der Waals surface area contributed by atoms with Crippen molar-refractivity contribution in [3.63, 3.8) is 0 Å². The molecular weight excluding hydrogens is 230 g/mol. The first-order chi connectivity index (χ1) is 7.47. The predicted octanol–water partition coefficient (Wildman–Crippen LogP) is 1.87. The van der Waals surface area contributed by atoms with Crippen LogP contribution in [0, 0.1) is 6.92 Å². The first-order valence-electron chi connectivity index (χ1n) is 4.87. The third-order valence-electron chi connectivity index (χ3n) is 2.50. The zero-order valence-corrected chi connectivity index (χ0v) is 9.66. The maximum atomic E-state index is 10.7. The standard InChI is InChI=1S/C11H14ClNO3/c1-6-2-3-8(12)11(16)10(6)7(5-13)4-9(14)15/h2-3,7,16H,4-5,13H2,1H3,(H,14,15). The molecule has 1 aromatic carbocycles. The molecule has 0 heterocycles. The highest BCUT2D eigenvalue weighted by molar-refractivity contribution is 6.32. The predicted molar refractivity (Wildman–Crippen MR) is 61.9 cm³/mol. The number of aryl methyl sites for hydroxylation is 1. The number of carbonyl (C=O) groups is 1. The van der Waals surface area contributed by atoms with Gasteiger partial charge in [0, 0.05) is 11.5 Å². The van der Waals surface area contributed by atoms with Crippen molar-refractivity contribution in [2.24, 2.45) is 5.73 Å².